The van der Waals surface area contributed by atoms with Crippen LogP contribution < -0.4 is 14.2 Å². The van der Waals surface area contributed by atoms with Crippen molar-refractivity contribution < 1.29 is 23.8 Å². The Balaban J connectivity index is 1.29. The summed E-state index contributed by atoms with van der Waals surface area (Å²) in [4.78, 5) is 27.1. The highest BCUT2D eigenvalue weighted by atomic mass is 79.9. The lowest BCUT2D eigenvalue weighted by atomic mass is 10.1. The van der Waals surface area contributed by atoms with Crippen LogP contribution in [0.15, 0.2) is 70.0 Å². The monoisotopic (exact) mass is 557 g/mol. The number of hydrogen-bond acceptors (Lipinski definition) is 6. The third-order valence-electron chi connectivity index (χ3n) is 5.22. The number of rotatable bonds is 6. The second kappa shape index (κ2) is 9.74. The van der Waals surface area contributed by atoms with Crippen LogP contribution in [0.4, 0.5) is 4.79 Å². The maximum absolute atomic E-state index is 13.0. The predicted molar refractivity (Wildman–Crippen MR) is 134 cm³/mol. The van der Waals surface area contributed by atoms with Gasteiger partial charge in [-0.05, 0) is 64.9 Å². The zero-order valence-corrected chi connectivity index (χ0v) is 20.8. The SMILES string of the molecule is O=C1S/C(=C\c2cccc(OCc3ccc(Br)cc3)c2)C(=O)N1Cc1cc2c(cc1Cl)OCO2. The van der Waals surface area contributed by atoms with Gasteiger partial charge < -0.3 is 14.2 Å². The van der Waals surface area contributed by atoms with E-state index in [4.69, 9.17) is 25.8 Å². The summed E-state index contributed by atoms with van der Waals surface area (Å²) in [5.74, 6) is 1.39. The van der Waals surface area contributed by atoms with Crippen molar-refractivity contribution in [2.24, 2.45) is 0 Å². The van der Waals surface area contributed by atoms with E-state index in [1.807, 2.05) is 48.5 Å². The van der Waals surface area contributed by atoms with Crippen LogP contribution >= 0.6 is 39.3 Å². The minimum atomic E-state index is -0.370. The molecule has 2 amide bonds. The van der Waals surface area contributed by atoms with Crippen molar-refractivity contribution in [2.75, 3.05) is 6.79 Å². The molecule has 1 saturated heterocycles. The van der Waals surface area contributed by atoms with Gasteiger partial charge in [0.25, 0.3) is 11.1 Å². The van der Waals surface area contributed by atoms with Gasteiger partial charge in [-0.2, -0.15) is 0 Å². The van der Waals surface area contributed by atoms with Gasteiger partial charge in [0.2, 0.25) is 6.79 Å². The molecule has 2 heterocycles. The molecule has 0 saturated carbocycles. The molecule has 3 aromatic carbocycles. The standard InChI is InChI=1S/C25H17BrClNO5S/c26-18-6-4-15(5-7-18)13-31-19-3-1-2-16(8-19)9-23-24(29)28(25(30)34-23)12-17-10-21-22(11-20(17)27)33-14-32-21/h1-11H,12-14H2/b23-9-. The quantitative estimate of drug-likeness (QED) is 0.316. The number of nitrogens with zero attached hydrogens (tertiary/aromatic N) is 1. The fourth-order valence-corrected chi connectivity index (χ4v) is 4.80. The first-order chi connectivity index (χ1) is 16.5. The first-order valence-corrected chi connectivity index (χ1v) is 12.3. The molecule has 6 nitrogen and oxygen atoms in total. The van der Waals surface area contributed by atoms with Crippen LogP contribution in [0.3, 0.4) is 0 Å². The topological polar surface area (TPSA) is 65.1 Å². The van der Waals surface area contributed by atoms with Gasteiger partial charge in [0.05, 0.1) is 11.4 Å². The summed E-state index contributed by atoms with van der Waals surface area (Å²) >= 11 is 10.6. The first-order valence-electron chi connectivity index (χ1n) is 10.3. The predicted octanol–water partition coefficient (Wildman–Crippen LogP) is 6.65. The summed E-state index contributed by atoms with van der Waals surface area (Å²) in [6.07, 6.45) is 1.69. The number of hydrogen-bond donors (Lipinski definition) is 0. The molecule has 0 atom stereocenters. The maximum atomic E-state index is 13.0. The molecule has 5 rings (SSSR count). The van der Waals surface area contributed by atoms with Gasteiger partial charge in [-0.25, -0.2) is 0 Å². The molecule has 0 unspecified atom stereocenters. The third-order valence-corrected chi connectivity index (χ3v) is 7.01. The van der Waals surface area contributed by atoms with E-state index in [1.54, 1.807) is 18.2 Å². The Hall–Kier alpha value is -2.94. The number of halogens is 2. The lowest BCUT2D eigenvalue weighted by Gasteiger charge is -2.14. The number of carbonyl (C=O) groups is 2. The van der Waals surface area contributed by atoms with E-state index in [9.17, 15) is 9.59 Å². The summed E-state index contributed by atoms with van der Waals surface area (Å²) in [6.45, 7) is 0.586. The van der Waals surface area contributed by atoms with E-state index >= 15 is 0 Å². The molecule has 0 radical (unpaired) electrons. The van der Waals surface area contributed by atoms with Crippen LogP contribution in [-0.2, 0) is 17.9 Å². The fourth-order valence-electron chi connectivity index (χ4n) is 3.48. The van der Waals surface area contributed by atoms with Crippen molar-refractivity contribution in [1.29, 1.82) is 0 Å². The second-order valence-corrected chi connectivity index (χ2v) is 9.87. The van der Waals surface area contributed by atoms with Crippen LogP contribution in [0.25, 0.3) is 6.08 Å². The lowest BCUT2D eigenvalue weighted by molar-refractivity contribution is -0.123. The molecule has 0 spiro atoms. The van der Waals surface area contributed by atoms with Gasteiger partial charge in [-0.1, -0.05) is 51.8 Å². The van der Waals surface area contributed by atoms with Gasteiger partial charge in [-0.3, -0.25) is 14.5 Å². The Morgan fingerprint density at radius 3 is 2.62 bits per heavy atom. The zero-order chi connectivity index (χ0) is 23.7. The summed E-state index contributed by atoms with van der Waals surface area (Å²) < 4.78 is 17.6. The Morgan fingerprint density at radius 1 is 1.06 bits per heavy atom. The van der Waals surface area contributed by atoms with Gasteiger partial charge >= 0.3 is 0 Å². The molecule has 1 fully saturated rings. The zero-order valence-electron chi connectivity index (χ0n) is 17.6. The van der Waals surface area contributed by atoms with E-state index in [-0.39, 0.29) is 24.5 Å². The molecule has 0 bridgehead atoms. The van der Waals surface area contributed by atoms with E-state index in [0.29, 0.717) is 39.3 Å². The summed E-state index contributed by atoms with van der Waals surface area (Å²) in [5, 5.41) is 0.0514. The normalized spacial score (nSPS) is 15.9. The largest absolute Gasteiger partial charge is 0.489 e. The lowest BCUT2D eigenvalue weighted by Crippen LogP contribution is -2.27. The highest BCUT2D eigenvalue weighted by Crippen LogP contribution is 2.39. The summed E-state index contributed by atoms with van der Waals surface area (Å²) in [5.41, 5.74) is 2.41. The molecule has 0 aliphatic carbocycles. The third kappa shape index (κ3) is 4.94. The first kappa shape index (κ1) is 22.8. The average molecular weight is 559 g/mol. The molecule has 9 heteroatoms. The smallest absolute Gasteiger partial charge is 0.293 e. The van der Waals surface area contributed by atoms with Crippen LogP contribution in [0.2, 0.25) is 5.02 Å². The molecule has 0 N–H and O–H groups in total. The van der Waals surface area contributed by atoms with Crippen LogP contribution in [0.5, 0.6) is 17.2 Å². The number of fused-ring (bicyclic) bond motifs is 1. The van der Waals surface area contributed by atoms with Crippen molar-refractivity contribution in [2.45, 2.75) is 13.2 Å². The second-order valence-electron chi connectivity index (χ2n) is 7.55. The van der Waals surface area contributed by atoms with E-state index in [0.717, 1.165) is 27.4 Å². The van der Waals surface area contributed by atoms with Crippen molar-refractivity contribution >= 4 is 56.5 Å². The Bertz CT molecular complexity index is 1310. The number of imide groups is 1. The van der Waals surface area contributed by atoms with Gasteiger partial charge in [-0.15, -0.1) is 0 Å². The van der Waals surface area contributed by atoms with Crippen molar-refractivity contribution in [3.8, 4) is 17.2 Å². The molecule has 2 aliphatic heterocycles. The van der Waals surface area contributed by atoms with E-state index in [1.165, 1.54) is 4.90 Å². The Kier molecular flexibility index (Phi) is 6.54. The van der Waals surface area contributed by atoms with Gasteiger partial charge in [0.15, 0.2) is 11.5 Å². The average Bonchev–Trinajstić information content (AvgIpc) is 3.38. The van der Waals surface area contributed by atoms with Crippen LogP contribution in [0, 0.1) is 0 Å². The van der Waals surface area contributed by atoms with Crippen LogP contribution in [-0.4, -0.2) is 22.8 Å². The molecule has 34 heavy (non-hydrogen) atoms. The van der Waals surface area contributed by atoms with Crippen molar-refractivity contribution in [1.82, 2.24) is 4.90 Å². The van der Waals surface area contributed by atoms with Crippen molar-refractivity contribution in [3.63, 3.8) is 0 Å². The number of ether oxygens (including phenoxy) is 3. The summed E-state index contributed by atoms with van der Waals surface area (Å²) in [6, 6.07) is 18.6. The van der Waals surface area contributed by atoms with E-state index in [2.05, 4.69) is 15.9 Å². The number of amides is 2. The van der Waals surface area contributed by atoms with Gasteiger partial charge in [0.1, 0.15) is 12.4 Å². The molecular weight excluding hydrogens is 542 g/mol. The number of thioether (sulfide) groups is 1. The maximum Gasteiger partial charge on any atom is 0.293 e. The molecule has 2 aliphatic rings. The van der Waals surface area contributed by atoms with Gasteiger partial charge in [0, 0.05) is 15.6 Å². The molecule has 172 valence electrons. The highest BCUT2D eigenvalue weighted by Gasteiger charge is 2.35. The highest BCUT2D eigenvalue weighted by molar-refractivity contribution is 9.10. The number of benzene rings is 3. The summed E-state index contributed by atoms with van der Waals surface area (Å²) in [7, 11) is 0. The number of carbonyl (C=O) groups excluding carboxylic acids is 2. The molecular formula is C25H17BrClNO5S. The fraction of sp³-hybridized carbons (Fsp3) is 0.120. The molecule has 3 aromatic rings. The van der Waals surface area contributed by atoms with Crippen LogP contribution in [0.1, 0.15) is 16.7 Å². The Morgan fingerprint density at radius 2 is 1.82 bits per heavy atom. The Labute approximate surface area is 213 Å². The minimum absolute atomic E-state index is 0.0494. The van der Waals surface area contributed by atoms with Crippen molar-refractivity contribution in [3.05, 3.63) is 91.8 Å². The van der Waals surface area contributed by atoms with E-state index < -0.39 is 0 Å². The minimum Gasteiger partial charge on any atom is -0.489 e. The molecule has 0 aromatic heterocycles.